The number of hydrogen-bond acceptors (Lipinski definition) is 0. The van der Waals surface area contributed by atoms with Gasteiger partial charge in [0.15, 0.2) is 0 Å². The maximum absolute atomic E-state index is 17.2. The third-order valence-corrected chi connectivity index (χ3v) is 13.4. The van der Waals surface area contributed by atoms with Gasteiger partial charge in [0.1, 0.15) is 17.2 Å². The van der Waals surface area contributed by atoms with E-state index in [-0.39, 0.29) is 16.9 Å². The van der Waals surface area contributed by atoms with Crippen molar-refractivity contribution in [2.24, 2.45) is 0 Å². The summed E-state index contributed by atoms with van der Waals surface area (Å²) in [5.41, 5.74) is 5.05. The SMILES string of the molecule is Fc1cccc(F)c1-c1ccc(-n2c3cc(-c4ccccc4)ccc3c3ccc(-c4ccccc4)cc32)c(C(F)(F)F)c1-n1c2cc(=C3C=CC=CC3)ccc2c2ccc(=C3C=CC=CC3)cc21. The van der Waals surface area contributed by atoms with Crippen molar-refractivity contribution in [1.29, 1.82) is 0 Å². The Morgan fingerprint density at radius 2 is 0.882 bits per heavy atom. The van der Waals surface area contributed by atoms with Crippen molar-refractivity contribution in [3.63, 3.8) is 0 Å². The van der Waals surface area contributed by atoms with Crippen LogP contribution in [0.1, 0.15) is 18.4 Å². The van der Waals surface area contributed by atoms with Crippen LogP contribution in [-0.4, -0.2) is 9.13 Å². The quantitative estimate of drug-likeness (QED) is 0.152. The van der Waals surface area contributed by atoms with E-state index < -0.39 is 28.9 Å². The highest BCUT2D eigenvalue weighted by atomic mass is 19.4. The Balaban J connectivity index is 1.29. The smallest absolute Gasteiger partial charge is 0.309 e. The van der Waals surface area contributed by atoms with Gasteiger partial charge in [0.2, 0.25) is 0 Å². The van der Waals surface area contributed by atoms with Crippen molar-refractivity contribution in [3.05, 3.63) is 240 Å². The highest BCUT2D eigenvalue weighted by Crippen LogP contribution is 2.49. The van der Waals surface area contributed by atoms with Gasteiger partial charge in [-0.05, 0) is 105 Å². The second kappa shape index (κ2) is 16.2. The van der Waals surface area contributed by atoms with Crippen LogP contribution < -0.4 is 10.4 Å². The predicted molar refractivity (Wildman–Crippen MR) is 268 cm³/mol. The van der Waals surface area contributed by atoms with Gasteiger partial charge in [-0.15, -0.1) is 0 Å². The van der Waals surface area contributed by atoms with Gasteiger partial charge in [0.05, 0.1) is 39.0 Å². The Labute approximate surface area is 388 Å². The second-order valence-corrected chi connectivity index (χ2v) is 17.3. The zero-order valence-electron chi connectivity index (χ0n) is 36.4. The minimum absolute atomic E-state index is 0.185. The molecule has 0 N–H and O–H groups in total. The van der Waals surface area contributed by atoms with E-state index in [1.54, 1.807) is 9.13 Å². The minimum atomic E-state index is -5.07. The fourth-order valence-corrected chi connectivity index (χ4v) is 10.2. The summed E-state index contributed by atoms with van der Waals surface area (Å²) in [4.78, 5) is 0. The van der Waals surface area contributed by atoms with Crippen molar-refractivity contribution in [2.75, 3.05) is 0 Å². The van der Waals surface area contributed by atoms with Crippen LogP contribution >= 0.6 is 0 Å². The highest BCUT2D eigenvalue weighted by Gasteiger charge is 2.41. The van der Waals surface area contributed by atoms with Crippen molar-refractivity contribution >= 4 is 54.8 Å². The number of benzene rings is 8. The van der Waals surface area contributed by atoms with E-state index in [1.807, 2.05) is 182 Å². The van der Waals surface area contributed by atoms with Crippen molar-refractivity contribution < 1.29 is 22.0 Å². The lowest BCUT2D eigenvalue weighted by Crippen LogP contribution is -2.18. The van der Waals surface area contributed by atoms with Crippen molar-refractivity contribution in [1.82, 2.24) is 9.13 Å². The Morgan fingerprint density at radius 1 is 0.412 bits per heavy atom. The van der Waals surface area contributed by atoms with Crippen LogP contribution in [-0.2, 0) is 6.18 Å². The number of nitrogens with zero attached hydrogens (tertiary/aromatic N) is 2. The molecule has 2 heterocycles. The van der Waals surface area contributed by atoms with Crippen LogP contribution in [0.4, 0.5) is 22.0 Å². The topological polar surface area (TPSA) is 9.86 Å². The molecule has 8 aromatic carbocycles. The van der Waals surface area contributed by atoms with E-state index in [9.17, 15) is 0 Å². The first-order valence-electron chi connectivity index (χ1n) is 22.6. The standard InChI is InChI=1S/C61H39F5N2/c62-51-22-13-23-52(63)58(51)50-32-33-53(67-54-34-42(38-14-5-1-6-15-38)24-28-46(54)47-29-25-43(35-55(47)67)39-16-7-2-8-17-39)59(61(64,65)66)60(50)68-56-36-44(40-18-9-3-10-19-40)26-30-48(56)49-31-27-45(37-57(49)68)41-20-11-4-12-21-41/h1-18,20,22-37H,19,21H2. The van der Waals surface area contributed by atoms with E-state index >= 15 is 22.0 Å². The number of fused-ring (bicyclic) bond motifs is 6. The molecule has 0 radical (unpaired) electrons. The lowest BCUT2D eigenvalue weighted by Gasteiger charge is -2.25. The van der Waals surface area contributed by atoms with Gasteiger partial charge < -0.3 is 9.13 Å². The van der Waals surface area contributed by atoms with Gasteiger partial charge in [0, 0.05) is 27.1 Å². The molecule has 0 saturated carbocycles. The molecule has 0 amide bonds. The van der Waals surface area contributed by atoms with Crippen LogP contribution in [0.5, 0.6) is 0 Å². The molecule has 0 atom stereocenters. The van der Waals surface area contributed by atoms with Gasteiger partial charge in [-0.25, -0.2) is 8.78 Å². The first-order chi connectivity index (χ1) is 33.2. The molecule has 0 spiro atoms. The van der Waals surface area contributed by atoms with Gasteiger partial charge in [0.25, 0.3) is 0 Å². The largest absolute Gasteiger partial charge is 0.420 e. The lowest BCUT2D eigenvalue weighted by molar-refractivity contribution is -0.137. The first-order valence-corrected chi connectivity index (χ1v) is 22.6. The number of rotatable bonds is 5. The number of halogens is 5. The third kappa shape index (κ3) is 6.84. The summed E-state index contributed by atoms with van der Waals surface area (Å²) in [7, 11) is 0. The van der Waals surface area contributed by atoms with Crippen LogP contribution in [0.3, 0.4) is 0 Å². The van der Waals surface area contributed by atoms with Gasteiger partial charge >= 0.3 is 6.18 Å². The summed E-state index contributed by atoms with van der Waals surface area (Å²) in [5.74, 6) is -1.95. The van der Waals surface area contributed by atoms with Gasteiger partial charge in [-0.3, -0.25) is 0 Å². The molecule has 2 aliphatic carbocycles. The Kier molecular flexibility index (Phi) is 9.83. The van der Waals surface area contributed by atoms with E-state index in [2.05, 4.69) is 0 Å². The predicted octanol–water partition coefficient (Wildman–Crippen LogP) is 15.5. The Morgan fingerprint density at radius 3 is 1.34 bits per heavy atom. The fraction of sp³-hybridized carbons (Fsp3) is 0.0492. The van der Waals surface area contributed by atoms with Gasteiger partial charge in [-0.2, -0.15) is 13.2 Å². The molecular formula is C61H39F5N2. The van der Waals surface area contributed by atoms with E-state index in [0.717, 1.165) is 66.7 Å². The molecule has 328 valence electrons. The summed E-state index contributed by atoms with van der Waals surface area (Å²) in [6.07, 6.45) is 12.1. The molecule has 2 nitrogen and oxygen atoms in total. The molecule has 2 aromatic heterocycles. The number of hydrogen-bond donors (Lipinski definition) is 0. The maximum Gasteiger partial charge on any atom is 0.420 e. The summed E-state index contributed by atoms with van der Waals surface area (Å²) < 4.78 is 87.7. The summed E-state index contributed by atoms with van der Waals surface area (Å²) >= 11 is 0. The summed E-state index contributed by atoms with van der Waals surface area (Å²) in [5, 5.41) is 4.55. The first kappa shape index (κ1) is 41.2. The van der Waals surface area contributed by atoms with E-state index in [1.165, 1.54) is 18.2 Å². The second-order valence-electron chi connectivity index (χ2n) is 17.3. The molecule has 0 saturated heterocycles. The fourth-order valence-electron chi connectivity index (χ4n) is 10.2. The average molecular weight is 895 g/mol. The third-order valence-electron chi connectivity index (χ3n) is 13.4. The Hall–Kier alpha value is -8.29. The zero-order valence-corrected chi connectivity index (χ0v) is 36.4. The van der Waals surface area contributed by atoms with Crippen LogP contribution in [0.15, 0.2) is 212 Å². The normalized spacial score (nSPS) is 15.4. The molecule has 0 fully saturated rings. The van der Waals surface area contributed by atoms with Gasteiger partial charge in [-0.1, -0.05) is 164 Å². The van der Waals surface area contributed by atoms with Crippen molar-refractivity contribution in [3.8, 4) is 44.8 Å². The van der Waals surface area contributed by atoms with Crippen LogP contribution in [0.2, 0.25) is 0 Å². The zero-order chi connectivity index (χ0) is 46.1. The van der Waals surface area contributed by atoms with E-state index in [4.69, 9.17) is 0 Å². The molecular weight excluding hydrogens is 856 g/mol. The van der Waals surface area contributed by atoms with Crippen molar-refractivity contribution in [2.45, 2.75) is 19.0 Å². The number of aromatic nitrogens is 2. The number of alkyl halides is 3. The van der Waals surface area contributed by atoms with Crippen LogP contribution in [0.25, 0.3) is 99.5 Å². The maximum atomic E-state index is 17.2. The molecule has 0 aliphatic heterocycles. The minimum Gasteiger partial charge on any atom is -0.309 e. The highest BCUT2D eigenvalue weighted by molar-refractivity contribution is 6.13. The molecule has 10 aromatic rings. The average Bonchev–Trinajstić information content (AvgIpc) is 3.88. The molecule has 2 aliphatic rings. The summed E-state index contributed by atoms with van der Waals surface area (Å²) in [6.45, 7) is 0. The van der Waals surface area contributed by atoms with E-state index in [0.29, 0.717) is 45.7 Å². The molecule has 0 unspecified atom stereocenters. The summed E-state index contributed by atoms with van der Waals surface area (Å²) in [6, 6.07) is 49.2. The molecule has 0 bridgehead atoms. The Bertz CT molecular complexity index is 3740. The molecule has 12 rings (SSSR count). The monoisotopic (exact) mass is 894 g/mol. The van der Waals surface area contributed by atoms with Crippen LogP contribution in [0, 0.1) is 11.6 Å². The lowest BCUT2D eigenvalue weighted by atomic mass is 9.96. The number of allylic oxidation sites excluding steroid dienone is 8. The molecule has 7 heteroatoms. The molecule has 68 heavy (non-hydrogen) atoms.